The lowest BCUT2D eigenvalue weighted by Gasteiger charge is -2.19. The molecule has 2 aromatic rings. The Labute approximate surface area is 151 Å². The van der Waals surface area contributed by atoms with Gasteiger partial charge in [0.15, 0.2) is 11.5 Å². The highest BCUT2D eigenvalue weighted by molar-refractivity contribution is 5.89. The number of ether oxygens (including phenoxy) is 3. The predicted molar refractivity (Wildman–Crippen MR) is 95.2 cm³/mol. The second-order valence-electron chi connectivity index (χ2n) is 5.32. The van der Waals surface area contributed by atoms with Crippen molar-refractivity contribution in [3.63, 3.8) is 0 Å². The zero-order chi connectivity index (χ0) is 18.4. The smallest absolute Gasteiger partial charge is 0.337 e. The van der Waals surface area contributed by atoms with Crippen LogP contribution in [0.3, 0.4) is 0 Å². The van der Waals surface area contributed by atoms with Crippen molar-refractivity contribution in [3.05, 3.63) is 58.7 Å². The maximum atomic E-state index is 11.5. The SMILES string of the molecule is COC(=O)c1ccc(C#Cc2cc3c(cc2C#CCO)OCCO3)cc1. The van der Waals surface area contributed by atoms with Gasteiger partial charge in [-0.3, -0.25) is 0 Å². The van der Waals surface area contributed by atoms with Crippen LogP contribution in [0, 0.1) is 23.7 Å². The van der Waals surface area contributed by atoms with E-state index in [1.165, 1.54) is 7.11 Å². The van der Waals surface area contributed by atoms with Crippen molar-refractivity contribution in [2.24, 2.45) is 0 Å². The topological polar surface area (TPSA) is 65.0 Å². The number of carbonyl (C=O) groups is 1. The number of fused-ring (bicyclic) bond motifs is 1. The standard InChI is InChI=1S/C21H16O5/c1-24-21(23)16-7-4-15(5-8-16)6-9-18-14-20-19(25-11-12-26-20)13-17(18)3-2-10-22/h4-5,7-8,13-14,22H,10-12H2,1H3. The van der Waals surface area contributed by atoms with Crippen molar-refractivity contribution >= 4 is 5.97 Å². The second kappa shape index (κ2) is 8.11. The molecule has 0 unspecified atom stereocenters. The van der Waals surface area contributed by atoms with E-state index in [2.05, 4.69) is 28.4 Å². The van der Waals surface area contributed by atoms with Gasteiger partial charge in [-0.25, -0.2) is 4.79 Å². The first kappa shape index (κ1) is 17.4. The lowest BCUT2D eigenvalue weighted by Crippen LogP contribution is -2.15. The number of carbonyl (C=O) groups excluding carboxylic acids is 1. The molecule has 0 bridgehead atoms. The molecule has 0 saturated heterocycles. The number of hydrogen-bond acceptors (Lipinski definition) is 5. The van der Waals surface area contributed by atoms with Crippen LogP contribution in [0.2, 0.25) is 0 Å². The van der Waals surface area contributed by atoms with Gasteiger partial charge < -0.3 is 19.3 Å². The van der Waals surface area contributed by atoms with Gasteiger partial charge in [-0.2, -0.15) is 0 Å². The summed E-state index contributed by atoms with van der Waals surface area (Å²) in [4.78, 5) is 11.5. The zero-order valence-corrected chi connectivity index (χ0v) is 14.2. The number of esters is 1. The van der Waals surface area contributed by atoms with Gasteiger partial charge >= 0.3 is 5.97 Å². The third-order valence-corrected chi connectivity index (χ3v) is 3.63. The normalized spacial score (nSPS) is 11.5. The number of aliphatic hydroxyl groups excluding tert-OH is 1. The minimum atomic E-state index is -0.391. The Morgan fingerprint density at radius 1 is 1.04 bits per heavy atom. The van der Waals surface area contributed by atoms with E-state index in [0.29, 0.717) is 41.4 Å². The average molecular weight is 348 g/mol. The molecular weight excluding hydrogens is 332 g/mol. The highest BCUT2D eigenvalue weighted by Crippen LogP contribution is 2.32. The van der Waals surface area contributed by atoms with Gasteiger partial charge in [0.05, 0.1) is 12.7 Å². The highest BCUT2D eigenvalue weighted by atomic mass is 16.6. The molecular formula is C21H16O5. The monoisotopic (exact) mass is 348 g/mol. The molecule has 0 radical (unpaired) electrons. The Hall–Kier alpha value is -3.41. The Morgan fingerprint density at radius 2 is 1.65 bits per heavy atom. The quantitative estimate of drug-likeness (QED) is 0.631. The maximum Gasteiger partial charge on any atom is 0.337 e. The van der Waals surface area contributed by atoms with Crippen molar-refractivity contribution in [3.8, 4) is 35.2 Å². The second-order valence-corrected chi connectivity index (χ2v) is 5.32. The predicted octanol–water partition coefficient (Wildman–Crippen LogP) is 1.99. The summed E-state index contributed by atoms with van der Waals surface area (Å²) in [5.41, 5.74) is 2.54. The van der Waals surface area contributed by atoms with Crippen molar-refractivity contribution in [2.45, 2.75) is 0 Å². The Morgan fingerprint density at radius 3 is 2.23 bits per heavy atom. The van der Waals surface area contributed by atoms with E-state index in [-0.39, 0.29) is 6.61 Å². The minimum absolute atomic E-state index is 0.240. The van der Waals surface area contributed by atoms with Gasteiger partial charge in [0.25, 0.3) is 0 Å². The molecule has 1 N–H and O–H groups in total. The molecule has 0 aromatic heterocycles. The summed E-state index contributed by atoms with van der Waals surface area (Å²) in [7, 11) is 1.34. The summed E-state index contributed by atoms with van der Waals surface area (Å²) in [5, 5.41) is 8.95. The van der Waals surface area contributed by atoms with Crippen LogP contribution in [-0.4, -0.2) is 38.0 Å². The van der Waals surface area contributed by atoms with E-state index >= 15 is 0 Å². The number of aliphatic hydroxyl groups is 1. The van der Waals surface area contributed by atoms with E-state index in [1.54, 1.807) is 36.4 Å². The molecule has 0 fully saturated rings. The summed E-state index contributed by atoms with van der Waals surface area (Å²) in [6, 6.07) is 10.4. The molecule has 1 aliphatic rings. The molecule has 0 amide bonds. The number of rotatable bonds is 1. The van der Waals surface area contributed by atoms with Crippen LogP contribution < -0.4 is 9.47 Å². The van der Waals surface area contributed by atoms with Gasteiger partial charge in [-0.1, -0.05) is 23.7 Å². The third-order valence-electron chi connectivity index (χ3n) is 3.63. The van der Waals surface area contributed by atoms with Crippen molar-refractivity contribution in [1.82, 2.24) is 0 Å². The van der Waals surface area contributed by atoms with E-state index in [4.69, 9.17) is 14.6 Å². The van der Waals surface area contributed by atoms with Crippen LogP contribution in [0.15, 0.2) is 36.4 Å². The molecule has 0 saturated carbocycles. The molecule has 0 spiro atoms. The highest BCUT2D eigenvalue weighted by Gasteiger charge is 2.14. The molecule has 5 heteroatoms. The Balaban J connectivity index is 1.94. The van der Waals surface area contributed by atoms with Crippen LogP contribution in [0.4, 0.5) is 0 Å². The summed E-state index contributed by atoms with van der Waals surface area (Å²) < 4.78 is 15.8. The van der Waals surface area contributed by atoms with E-state index < -0.39 is 5.97 Å². The van der Waals surface area contributed by atoms with E-state index in [9.17, 15) is 4.79 Å². The zero-order valence-electron chi connectivity index (χ0n) is 14.2. The van der Waals surface area contributed by atoms with Crippen molar-refractivity contribution < 1.29 is 24.1 Å². The number of hydrogen-bond donors (Lipinski definition) is 1. The number of methoxy groups -OCH3 is 1. The van der Waals surface area contributed by atoms with Crippen LogP contribution in [-0.2, 0) is 4.74 Å². The Bertz CT molecular complexity index is 937. The molecule has 1 heterocycles. The average Bonchev–Trinajstić information content (AvgIpc) is 2.70. The summed E-state index contributed by atoms with van der Waals surface area (Å²) >= 11 is 0. The van der Waals surface area contributed by atoms with E-state index in [0.717, 1.165) is 5.56 Å². The molecule has 130 valence electrons. The summed E-state index contributed by atoms with van der Waals surface area (Å²) in [6.07, 6.45) is 0. The van der Waals surface area contributed by atoms with Crippen LogP contribution >= 0.6 is 0 Å². The molecule has 26 heavy (non-hydrogen) atoms. The van der Waals surface area contributed by atoms with Gasteiger partial charge in [-0.05, 0) is 24.3 Å². The fourth-order valence-corrected chi connectivity index (χ4v) is 2.38. The lowest BCUT2D eigenvalue weighted by molar-refractivity contribution is 0.0600. The van der Waals surface area contributed by atoms with Crippen molar-refractivity contribution in [1.29, 1.82) is 0 Å². The van der Waals surface area contributed by atoms with Crippen LogP contribution in [0.5, 0.6) is 11.5 Å². The van der Waals surface area contributed by atoms with E-state index in [1.807, 2.05) is 0 Å². The molecule has 2 aromatic carbocycles. The molecule has 1 aliphatic heterocycles. The lowest BCUT2D eigenvalue weighted by atomic mass is 10.1. The van der Waals surface area contributed by atoms with Crippen LogP contribution in [0.25, 0.3) is 0 Å². The van der Waals surface area contributed by atoms with Gasteiger partial charge in [0.2, 0.25) is 0 Å². The largest absolute Gasteiger partial charge is 0.486 e. The molecule has 3 rings (SSSR count). The van der Waals surface area contributed by atoms with Gasteiger partial charge in [0.1, 0.15) is 19.8 Å². The molecule has 0 atom stereocenters. The third kappa shape index (κ3) is 3.97. The van der Waals surface area contributed by atoms with Crippen molar-refractivity contribution in [2.75, 3.05) is 26.9 Å². The first-order valence-electron chi connectivity index (χ1n) is 7.95. The van der Waals surface area contributed by atoms with Gasteiger partial charge in [-0.15, -0.1) is 0 Å². The fraction of sp³-hybridized carbons (Fsp3) is 0.190. The Kier molecular flexibility index (Phi) is 5.43. The van der Waals surface area contributed by atoms with Gasteiger partial charge in [0, 0.05) is 28.8 Å². The molecule has 5 nitrogen and oxygen atoms in total. The summed E-state index contributed by atoms with van der Waals surface area (Å²) in [6.45, 7) is 0.726. The first-order valence-corrected chi connectivity index (χ1v) is 7.95. The maximum absolute atomic E-state index is 11.5. The van der Waals surface area contributed by atoms with Crippen LogP contribution in [0.1, 0.15) is 27.0 Å². The summed E-state index contributed by atoms with van der Waals surface area (Å²) in [5.74, 6) is 12.5. The fourth-order valence-electron chi connectivity index (χ4n) is 2.38. The minimum Gasteiger partial charge on any atom is -0.486 e. The first-order chi connectivity index (χ1) is 12.7. The molecule has 0 aliphatic carbocycles. The number of benzene rings is 2.